The van der Waals surface area contributed by atoms with E-state index in [0.717, 1.165) is 17.8 Å². The Hall–Kier alpha value is 0. The molecule has 0 saturated heterocycles. The predicted molar refractivity (Wildman–Crippen MR) is 55.2 cm³/mol. The molecule has 3 atom stereocenters. The van der Waals surface area contributed by atoms with Gasteiger partial charge in [-0.1, -0.05) is 46.5 Å². The van der Waals surface area contributed by atoms with Gasteiger partial charge in [-0.15, -0.1) is 0 Å². The molecule has 0 N–H and O–H groups in total. The highest BCUT2D eigenvalue weighted by molar-refractivity contribution is 4.79. The van der Waals surface area contributed by atoms with Crippen molar-refractivity contribution in [3.63, 3.8) is 0 Å². The molecule has 0 nitrogen and oxygen atoms in total. The third-order valence-corrected chi connectivity index (χ3v) is 3.64. The second-order valence-corrected chi connectivity index (χ2v) is 4.63. The Kier molecular flexibility index (Phi) is 4.11. The summed E-state index contributed by atoms with van der Waals surface area (Å²) in [6.07, 6.45) is 8.77. The molecule has 1 fully saturated rings. The fourth-order valence-corrected chi connectivity index (χ4v) is 2.77. The normalized spacial score (nSPS) is 35.8. The van der Waals surface area contributed by atoms with E-state index >= 15 is 0 Å². The quantitative estimate of drug-likeness (QED) is 0.588. The van der Waals surface area contributed by atoms with Crippen LogP contribution in [0.1, 0.15) is 59.3 Å². The van der Waals surface area contributed by atoms with Gasteiger partial charge in [-0.05, 0) is 30.6 Å². The zero-order chi connectivity index (χ0) is 8.97. The molecule has 1 rings (SSSR count). The molecular weight excluding hydrogens is 144 g/mol. The van der Waals surface area contributed by atoms with Crippen molar-refractivity contribution >= 4 is 0 Å². The van der Waals surface area contributed by atoms with E-state index < -0.39 is 0 Å². The SMILES string of the molecule is CCCCC1CC(C)C(CC)C1. The third kappa shape index (κ3) is 2.50. The molecule has 0 spiro atoms. The molecule has 0 heterocycles. The van der Waals surface area contributed by atoms with Gasteiger partial charge in [0.25, 0.3) is 0 Å². The van der Waals surface area contributed by atoms with Crippen LogP contribution in [0.15, 0.2) is 0 Å². The highest BCUT2D eigenvalue weighted by Gasteiger charge is 2.28. The minimum Gasteiger partial charge on any atom is -0.0654 e. The van der Waals surface area contributed by atoms with Gasteiger partial charge in [0.05, 0.1) is 0 Å². The van der Waals surface area contributed by atoms with E-state index in [9.17, 15) is 0 Å². The first-order valence-corrected chi connectivity index (χ1v) is 5.77. The largest absolute Gasteiger partial charge is 0.0654 e. The lowest BCUT2D eigenvalue weighted by Gasteiger charge is -2.10. The van der Waals surface area contributed by atoms with Crippen molar-refractivity contribution in [3.05, 3.63) is 0 Å². The Bertz CT molecular complexity index is 117. The number of unbranched alkanes of at least 4 members (excludes halogenated alkanes) is 1. The minimum absolute atomic E-state index is 1.01. The molecule has 0 bridgehead atoms. The first kappa shape index (κ1) is 10.1. The van der Waals surface area contributed by atoms with Crippen molar-refractivity contribution in [3.8, 4) is 0 Å². The van der Waals surface area contributed by atoms with E-state index in [4.69, 9.17) is 0 Å². The van der Waals surface area contributed by atoms with Crippen LogP contribution in [0.4, 0.5) is 0 Å². The molecule has 0 aromatic carbocycles. The average molecular weight is 168 g/mol. The van der Waals surface area contributed by atoms with Gasteiger partial charge in [-0.3, -0.25) is 0 Å². The first-order valence-electron chi connectivity index (χ1n) is 5.77. The van der Waals surface area contributed by atoms with Gasteiger partial charge < -0.3 is 0 Å². The Labute approximate surface area is 77.7 Å². The van der Waals surface area contributed by atoms with Crippen LogP contribution in [0, 0.1) is 17.8 Å². The monoisotopic (exact) mass is 168 g/mol. The lowest BCUT2D eigenvalue weighted by molar-refractivity contribution is 0.405. The topological polar surface area (TPSA) is 0 Å². The van der Waals surface area contributed by atoms with Crippen LogP contribution >= 0.6 is 0 Å². The van der Waals surface area contributed by atoms with Gasteiger partial charge in [0.2, 0.25) is 0 Å². The van der Waals surface area contributed by atoms with Crippen LogP contribution < -0.4 is 0 Å². The predicted octanol–water partition coefficient (Wildman–Crippen LogP) is 4.25. The lowest BCUT2D eigenvalue weighted by atomic mass is 9.96. The number of rotatable bonds is 4. The Morgan fingerprint density at radius 2 is 1.92 bits per heavy atom. The molecule has 1 saturated carbocycles. The van der Waals surface area contributed by atoms with Crippen LogP contribution in [-0.4, -0.2) is 0 Å². The molecule has 0 amide bonds. The van der Waals surface area contributed by atoms with Gasteiger partial charge in [0, 0.05) is 0 Å². The fourth-order valence-electron chi connectivity index (χ4n) is 2.77. The summed E-state index contributed by atoms with van der Waals surface area (Å²) >= 11 is 0. The van der Waals surface area contributed by atoms with Crippen LogP contribution in [0.2, 0.25) is 0 Å². The van der Waals surface area contributed by atoms with Crippen LogP contribution in [0.3, 0.4) is 0 Å². The molecule has 12 heavy (non-hydrogen) atoms. The van der Waals surface area contributed by atoms with Crippen molar-refractivity contribution in [2.45, 2.75) is 59.3 Å². The van der Waals surface area contributed by atoms with Crippen LogP contribution in [0.25, 0.3) is 0 Å². The summed E-state index contributed by atoms with van der Waals surface area (Å²) < 4.78 is 0. The van der Waals surface area contributed by atoms with Gasteiger partial charge in [0.15, 0.2) is 0 Å². The maximum atomic E-state index is 2.44. The van der Waals surface area contributed by atoms with Crippen molar-refractivity contribution in [1.82, 2.24) is 0 Å². The van der Waals surface area contributed by atoms with Gasteiger partial charge in [0.1, 0.15) is 0 Å². The van der Waals surface area contributed by atoms with E-state index in [1.807, 2.05) is 0 Å². The molecule has 0 radical (unpaired) electrons. The Morgan fingerprint density at radius 3 is 2.42 bits per heavy atom. The van der Waals surface area contributed by atoms with Gasteiger partial charge >= 0.3 is 0 Å². The summed E-state index contributed by atoms with van der Waals surface area (Å²) in [4.78, 5) is 0. The van der Waals surface area contributed by atoms with Crippen molar-refractivity contribution in [1.29, 1.82) is 0 Å². The number of hydrogen-bond donors (Lipinski definition) is 0. The number of hydrogen-bond acceptors (Lipinski definition) is 0. The molecule has 0 aromatic rings. The standard InChI is InChI=1S/C12H24/c1-4-6-7-11-8-10(3)12(5-2)9-11/h10-12H,4-9H2,1-3H3. The summed E-state index contributed by atoms with van der Waals surface area (Å²) in [7, 11) is 0. The summed E-state index contributed by atoms with van der Waals surface area (Å²) in [5.74, 6) is 3.13. The third-order valence-electron chi connectivity index (χ3n) is 3.64. The van der Waals surface area contributed by atoms with Crippen LogP contribution in [0.5, 0.6) is 0 Å². The van der Waals surface area contributed by atoms with E-state index in [1.165, 1.54) is 38.5 Å². The van der Waals surface area contributed by atoms with E-state index in [-0.39, 0.29) is 0 Å². The second kappa shape index (κ2) is 4.89. The van der Waals surface area contributed by atoms with Crippen molar-refractivity contribution < 1.29 is 0 Å². The maximum Gasteiger partial charge on any atom is -0.0388 e. The zero-order valence-corrected chi connectivity index (χ0v) is 8.97. The molecule has 0 heteroatoms. The Balaban J connectivity index is 2.23. The van der Waals surface area contributed by atoms with Crippen molar-refractivity contribution in [2.24, 2.45) is 17.8 Å². The molecule has 1 aliphatic rings. The molecule has 0 aromatic heterocycles. The van der Waals surface area contributed by atoms with Crippen molar-refractivity contribution in [2.75, 3.05) is 0 Å². The molecular formula is C12H24. The lowest BCUT2D eigenvalue weighted by Crippen LogP contribution is -2.00. The molecule has 1 aliphatic carbocycles. The van der Waals surface area contributed by atoms with Gasteiger partial charge in [-0.25, -0.2) is 0 Å². The smallest absolute Gasteiger partial charge is 0.0388 e. The first-order chi connectivity index (χ1) is 5.77. The van der Waals surface area contributed by atoms with E-state index in [0.29, 0.717) is 0 Å². The molecule has 3 unspecified atom stereocenters. The van der Waals surface area contributed by atoms with Gasteiger partial charge in [-0.2, -0.15) is 0 Å². The second-order valence-electron chi connectivity index (χ2n) is 4.63. The van der Waals surface area contributed by atoms with Crippen LogP contribution in [-0.2, 0) is 0 Å². The Morgan fingerprint density at radius 1 is 1.17 bits per heavy atom. The minimum atomic E-state index is 1.01. The summed E-state index contributed by atoms with van der Waals surface area (Å²) in [5.41, 5.74) is 0. The molecule has 0 aliphatic heterocycles. The molecule has 72 valence electrons. The summed E-state index contributed by atoms with van der Waals surface area (Å²) in [6, 6.07) is 0. The average Bonchev–Trinajstić information content (AvgIpc) is 2.43. The zero-order valence-electron chi connectivity index (χ0n) is 8.97. The summed E-state index contributed by atoms with van der Waals surface area (Å²) in [6.45, 7) is 7.10. The fraction of sp³-hybridized carbons (Fsp3) is 1.00. The highest BCUT2D eigenvalue weighted by atomic mass is 14.3. The van der Waals surface area contributed by atoms with E-state index in [1.54, 1.807) is 0 Å². The summed E-state index contributed by atoms with van der Waals surface area (Å²) in [5, 5.41) is 0. The maximum absolute atomic E-state index is 2.44. The van der Waals surface area contributed by atoms with E-state index in [2.05, 4.69) is 20.8 Å². The highest BCUT2D eigenvalue weighted by Crippen LogP contribution is 2.40.